The molecule has 21 rings (SSSR count). The minimum Gasteiger partial charge on any atom is -0.497 e. The van der Waals surface area contributed by atoms with E-state index in [4.69, 9.17) is 44.8 Å². The van der Waals surface area contributed by atoms with Crippen LogP contribution in [0.5, 0.6) is 17.2 Å². The summed E-state index contributed by atoms with van der Waals surface area (Å²) in [5, 5.41) is 39.9. The molecule has 8 aromatic carbocycles. The number of carbonyl (C=O) groups is 8. The van der Waals surface area contributed by atoms with Crippen molar-refractivity contribution in [3.63, 3.8) is 0 Å². The summed E-state index contributed by atoms with van der Waals surface area (Å²) in [6.07, 6.45) is 6.13. The van der Waals surface area contributed by atoms with E-state index in [-0.39, 0.29) is 47.3 Å². The Kier molecular flexibility index (Phi) is 26.6. The highest BCUT2D eigenvalue weighted by atomic mass is 35.5. The summed E-state index contributed by atoms with van der Waals surface area (Å²) in [6, 6.07) is 41.3. The number of anilines is 4. The molecule has 0 atom stereocenters. The minimum absolute atomic E-state index is 0.0283. The number of nitrogens with zero attached hydrogens (tertiary/aromatic N) is 12. The van der Waals surface area contributed by atoms with Gasteiger partial charge in [0, 0.05) is 85.7 Å². The number of benzene rings is 8. The van der Waals surface area contributed by atoms with Crippen LogP contribution < -0.4 is 35.5 Å². The Balaban J connectivity index is 0.000000121. The highest BCUT2D eigenvalue weighted by molar-refractivity contribution is 6.34. The van der Waals surface area contributed by atoms with Crippen LogP contribution in [0.15, 0.2) is 164 Å². The standard InChI is InChI=1S/C25H26N6O4.C24H22N6O5.C24H24N6O3.C23H21ClN6O3/c1-14-10-17(34-3)11-15(2)21(14)24(32)29-20-13-26-30-22(20)23-27-18-5-4-16(12-19(18)28-23)25(33)31-6-8-35-9-7-31;31-23(15-2-1-3-19-21(15)35-11-10-34-19)28-18-13-25-29-20(18)22-26-16-5-4-14(12-17(16)27-22)24(32)30-6-8-33-9-7-30;1-14-4-3-5-15(2)20(14)23(31)28-19-13-25-29-21(19)22-26-17-7-6-16(12-18(17)27-22)24(32)30-8-10-33-11-9-30;1-13-3-2-4-15(24)19(13)22(31)28-18-12-25-29-20(18)21-26-16-6-5-14(11-17(16)27-21)23(32)30-7-9-33-10-8-30/h4-5,10-13H,6-9H2,1-3H3,(H,26,30)(H,27,28)(H,29,32);1-5,12-13H,6-11H2,(H,25,29)(H,26,27)(H,28,31);3-7,12-13H,8-11H2,1-2H3,(H,25,29)(H,26,27)(H,28,31);2-6,11-12H,7-10H2,1H3,(H,25,29)(H,26,27)(H,28,31). The molecule has 16 aromatic rings. The maximum absolute atomic E-state index is 13.1. The number of imidazole rings is 4. The fourth-order valence-corrected chi connectivity index (χ4v) is 16.9. The van der Waals surface area contributed by atoms with Crippen molar-refractivity contribution >= 4 is 126 Å². The fraction of sp³-hybridized carbons (Fsp3) is 0.250. The second-order valence-corrected chi connectivity index (χ2v) is 32.9. The van der Waals surface area contributed by atoms with Crippen LogP contribution in [-0.4, -0.2) is 273 Å². The van der Waals surface area contributed by atoms with Gasteiger partial charge in [0.05, 0.1) is 168 Å². The number of aromatic amines is 8. The van der Waals surface area contributed by atoms with Crippen molar-refractivity contribution in [1.29, 1.82) is 0 Å². The summed E-state index contributed by atoms with van der Waals surface area (Å²) < 4.78 is 37.8. The molecule has 40 heteroatoms. The SMILES string of the molecule is COc1cc(C)c(C(=O)Nc2cn[nH]c2-c2nc3ccc(C(=O)N4CCOCC4)cc3[nH]2)c(C)c1.Cc1cccc(C)c1C(=O)Nc1cn[nH]c1-c1nc2ccc(C(=O)N3CCOCC3)cc2[nH]1.Cc1cccc(Cl)c1C(=O)Nc1cn[nH]c1-c1nc2ccc(C(=O)N3CCOCC3)cc2[nH]1.O=C(Nc1cn[nH]c1-c1nc2ccc(C(=O)N3CCOCC3)cc2[nH]1)c1cccc2c1OCCO2. The van der Waals surface area contributed by atoms with Crippen LogP contribution in [0.1, 0.15) is 111 Å². The molecule has 12 N–H and O–H groups in total. The fourth-order valence-electron chi connectivity index (χ4n) is 16.6. The molecule has 0 spiro atoms. The number of morpholine rings is 4. The highest BCUT2D eigenvalue weighted by Gasteiger charge is 2.30. The zero-order chi connectivity index (χ0) is 94.2. The number of aryl methyl sites for hydroxylation is 5. The lowest BCUT2D eigenvalue weighted by atomic mass is 10.0. The van der Waals surface area contributed by atoms with E-state index in [0.29, 0.717) is 293 Å². The molecular formula is C96H93ClN24O15. The molecule has 8 aromatic heterocycles. The molecule has 0 radical (unpaired) electrons. The molecule has 5 aliphatic rings. The number of nitrogens with one attached hydrogen (secondary N) is 12. The predicted octanol–water partition coefficient (Wildman–Crippen LogP) is 12.7. The van der Waals surface area contributed by atoms with Gasteiger partial charge in [-0.25, -0.2) is 19.9 Å². The Morgan fingerprint density at radius 2 is 0.647 bits per heavy atom. The molecule has 4 fully saturated rings. The van der Waals surface area contributed by atoms with Gasteiger partial charge in [0.1, 0.15) is 41.7 Å². The van der Waals surface area contributed by atoms with Gasteiger partial charge in [-0.2, -0.15) is 20.4 Å². The summed E-state index contributed by atoms with van der Waals surface area (Å²) in [7, 11) is 1.60. The van der Waals surface area contributed by atoms with E-state index in [0.717, 1.165) is 33.3 Å². The first kappa shape index (κ1) is 90.3. The minimum atomic E-state index is -0.357. The van der Waals surface area contributed by atoms with E-state index in [1.807, 2.05) is 83.1 Å². The topological polar surface area (TPSA) is 492 Å². The first-order chi connectivity index (χ1) is 66.1. The first-order valence-corrected chi connectivity index (χ1v) is 44.2. The van der Waals surface area contributed by atoms with Crippen molar-refractivity contribution in [3.8, 4) is 63.3 Å². The zero-order valence-electron chi connectivity index (χ0n) is 74.7. The van der Waals surface area contributed by atoms with Gasteiger partial charge in [0.15, 0.2) is 34.8 Å². The van der Waals surface area contributed by atoms with Gasteiger partial charge in [-0.05, 0) is 166 Å². The number of halogens is 1. The maximum atomic E-state index is 13.1. The van der Waals surface area contributed by atoms with E-state index < -0.39 is 0 Å². The smallest absolute Gasteiger partial charge is 0.259 e. The van der Waals surface area contributed by atoms with Crippen molar-refractivity contribution in [2.75, 3.05) is 147 Å². The van der Waals surface area contributed by atoms with Crippen molar-refractivity contribution in [1.82, 2.24) is 100 Å². The largest absolute Gasteiger partial charge is 0.497 e. The Morgan fingerprint density at radius 1 is 0.346 bits per heavy atom. The average molecular weight is 1860 g/mol. The van der Waals surface area contributed by atoms with Crippen LogP contribution in [0.2, 0.25) is 5.02 Å². The highest BCUT2D eigenvalue weighted by Crippen LogP contribution is 2.38. The Morgan fingerprint density at radius 3 is 0.985 bits per heavy atom. The summed E-state index contributed by atoms with van der Waals surface area (Å²) in [4.78, 5) is 142. The summed E-state index contributed by atoms with van der Waals surface area (Å²) >= 11 is 6.23. The number of hydrogen-bond donors (Lipinski definition) is 12. The maximum Gasteiger partial charge on any atom is 0.259 e. The van der Waals surface area contributed by atoms with E-state index in [2.05, 4.69) is 102 Å². The monoisotopic (exact) mass is 1860 g/mol. The Labute approximate surface area is 779 Å². The number of aromatic nitrogens is 16. The normalized spacial score (nSPS) is 14.2. The van der Waals surface area contributed by atoms with E-state index in [9.17, 15) is 38.4 Å². The molecule has 8 amide bonds. The van der Waals surface area contributed by atoms with Gasteiger partial charge in [-0.15, -0.1) is 0 Å². The Bertz CT molecular complexity index is 6970. The average Bonchev–Trinajstić information content (AvgIpc) is 1.65. The van der Waals surface area contributed by atoms with Gasteiger partial charge in [0.25, 0.3) is 47.3 Å². The van der Waals surface area contributed by atoms with Crippen molar-refractivity contribution in [2.24, 2.45) is 0 Å². The van der Waals surface area contributed by atoms with E-state index >= 15 is 0 Å². The van der Waals surface area contributed by atoms with Crippen LogP contribution in [0.3, 0.4) is 0 Å². The van der Waals surface area contributed by atoms with Crippen molar-refractivity contribution < 1.29 is 71.5 Å². The molecule has 5 aliphatic heterocycles. The molecule has 694 valence electrons. The molecular weight excluding hydrogens is 1760 g/mol. The van der Waals surface area contributed by atoms with Crippen molar-refractivity contribution in [2.45, 2.75) is 34.6 Å². The molecule has 136 heavy (non-hydrogen) atoms. The third-order valence-electron chi connectivity index (χ3n) is 23.5. The van der Waals surface area contributed by atoms with Crippen LogP contribution >= 0.6 is 11.6 Å². The third-order valence-corrected chi connectivity index (χ3v) is 23.9. The van der Waals surface area contributed by atoms with Gasteiger partial charge in [-0.1, -0.05) is 48.0 Å². The number of hydrogen-bond acceptors (Lipinski definition) is 23. The summed E-state index contributed by atoms with van der Waals surface area (Å²) in [5.41, 5.74) is 18.2. The quantitative estimate of drug-likeness (QED) is 0.0403. The Hall–Kier alpha value is -16.2. The predicted molar refractivity (Wildman–Crippen MR) is 505 cm³/mol. The molecule has 0 aliphatic carbocycles. The first-order valence-electron chi connectivity index (χ1n) is 43.9. The van der Waals surface area contributed by atoms with Gasteiger partial charge in [-0.3, -0.25) is 58.8 Å². The van der Waals surface area contributed by atoms with E-state index in [1.165, 1.54) is 12.4 Å². The number of carbonyl (C=O) groups excluding carboxylic acids is 8. The van der Waals surface area contributed by atoms with Crippen LogP contribution in [0.4, 0.5) is 22.7 Å². The van der Waals surface area contributed by atoms with Gasteiger partial charge in [0.2, 0.25) is 0 Å². The van der Waals surface area contributed by atoms with Crippen LogP contribution in [0, 0.1) is 34.6 Å². The lowest BCUT2D eigenvalue weighted by Gasteiger charge is -2.26. The van der Waals surface area contributed by atoms with Crippen LogP contribution in [0.25, 0.3) is 90.2 Å². The second-order valence-electron chi connectivity index (χ2n) is 32.5. The lowest BCUT2D eigenvalue weighted by molar-refractivity contribution is 0.0301. The molecule has 4 saturated heterocycles. The number of methoxy groups -OCH3 is 1. The van der Waals surface area contributed by atoms with Gasteiger partial charge >= 0.3 is 0 Å². The van der Waals surface area contributed by atoms with E-state index in [1.54, 1.807) is 130 Å². The molecule has 39 nitrogen and oxygen atoms in total. The number of fused-ring (bicyclic) bond motifs is 5. The molecule has 13 heterocycles. The number of ether oxygens (including phenoxy) is 7. The summed E-state index contributed by atoms with van der Waals surface area (Å²) in [6.45, 7) is 19.2. The zero-order valence-corrected chi connectivity index (χ0v) is 75.4. The van der Waals surface area contributed by atoms with Crippen LogP contribution in [-0.2, 0) is 18.9 Å². The number of H-pyrrole nitrogens is 8. The second kappa shape index (κ2) is 40.1. The third kappa shape index (κ3) is 19.5. The number of para-hydroxylation sites is 1. The molecule has 0 unspecified atom stereocenters. The molecule has 0 saturated carbocycles. The number of rotatable bonds is 17. The number of amides is 8. The molecule has 0 bridgehead atoms. The van der Waals surface area contributed by atoms with Crippen molar-refractivity contribution in [3.05, 3.63) is 242 Å². The summed E-state index contributed by atoms with van der Waals surface area (Å²) in [5.74, 6) is 2.37. The van der Waals surface area contributed by atoms with Gasteiger partial charge < -0.3 is 94.0 Å². The lowest BCUT2D eigenvalue weighted by Crippen LogP contribution is -2.40.